The average molecular weight is 445 g/mol. The van der Waals surface area contributed by atoms with Crippen molar-refractivity contribution >= 4 is 28.8 Å². The van der Waals surface area contributed by atoms with Crippen molar-refractivity contribution in [2.45, 2.75) is 18.8 Å². The second-order valence-corrected chi connectivity index (χ2v) is 7.46. The molecule has 1 amide bonds. The number of amides is 1. The van der Waals surface area contributed by atoms with E-state index >= 15 is 0 Å². The lowest BCUT2D eigenvalue weighted by molar-refractivity contribution is -0.138. The molecule has 0 aliphatic carbocycles. The van der Waals surface area contributed by atoms with Crippen LogP contribution in [0.4, 0.5) is 17.6 Å². The number of benzene rings is 1. The summed E-state index contributed by atoms with van der Waals surface area (Å²) in [5, 5.41) is 3.82. The van der Waals surface area contributed by atoms with Crippen molar-refractivity contribution in [3.8, 4) is 0 Å². The summed E-state index contributed by atoms with van der Waals surface area (Å²) in [7, 11) is 0. The molecule has 1 atom stereocenters. The summed E-state index contributed by atoms with van der Waals surface area (Å²) in [6.45, 7) is -0.661. The third kappa shape index (κ3) is 5.04. The van der Waals surface area contributed by atoms with Gasteiger partial charge in [0.1, 0.15) is 17.4 Å². The van der Waals surface area contributed by atoms with Gasteiger partial charge in [-0.2, -0.15) is 13.2 Å². The maximum Gasteiger partial charge on any atom is 0.417 e. The number of hydrogen-bond donors (Lipinski definition) is 1. The molecule has 3 rings (SSSR count). The number of halogens is 5. The van der Waals surface area contributed by atoms with E-state index in [1.807, 2.05) is 0 Å². The lowest BCUT2D eigenvalue weighted by Crippen LogP contribution is -2.35. The van der Waals surface area contributed by atoms with E-state index in [4.69, 9.17) is 11.6 Å². The molecule has 0 fully saturated rings. The Bertz CT molecular complexity index is 1060. The van der Waals surface area contributed by atoms with Gasteiger partial charge in [-0.05, 0) is 35.2 Å². The number of carbonyl (C=O) groups is 1. The summed E-state index contributed by atoms with van der Waals surface area (Å²) in [6.07, 6.45) is -4.17. The zero-order chi connectivity index (χ0) is 21.2. The second-order valence-electron chi connectivity index (χ2n) is 6.08. The number of aromatic nitrogens is 1. The molecule has 3 aromatic rings. The number of alkyl halides is 3. The molecule has 1 aromatic carbocycles. The predicted molar refractivity (Wildman–Crippen MR) is 101 cm³/mol. The Morgan fingerprint density at radius 2 is 1.90 bits per heavy atom. The zero-order valence-corrected chi connectivity index (χ0v) is 16.1. The summed E-state index contributed by atoms with van der Waals surface area (Å²) < 4.78 is 52.7. The molecule has 0 saturated heterocycles. The van der Waals surface area contributed by atoms with E-state index in [2.05, 4.69) is 5.32 Å². The average Bonchev–Trinajstić information content (AvgIpc) is 3.18. The minimum Gasteiger partial charge on any atom is -0.343 e. The van der Waals surface area contributed by atoms with Crippen LogP contribution in [0.5, 0.6) is 0 Å². The lowest BCUT2D eigenvalue weighted by atomic mass is 10.1. The largest absolute Gasteiger partial charge is 0.417 e. The van der Waals surface area contributed by atoms with Gasteiger partial charge in [0, 0.05) is 11.1 Å². The van der Waals surface area contributed by atoms with Gasteiger partial charge in [0.25, 0.3) is 5.56 Å². The summed E-state index contributed by atoms with van der Waals surface area (Å²) in [6, 6.07) is 8.84. The molecule has 29 heavy (non-hydrogen) atoms. The SMILES string of the molecule is O=C(Cn1cc(C(F)(F)F)cc(Cl)c1=O)NC(c1ccc(F)cc1)c1cccs1. The van der Waals surface area contributed by atoms with E-state index in [1.165, 1.54) is 35.6 Å². The Kier molecular flexibility index (Phi) is 6.09. The predicted octanol–water partition coefficient (Wildman–Crippen LogP) is 4.63. The number of pyridine rings is 1. The summed E-state index contributed by atoms with van der Waals surface area (Å²) in [5.41, 5.74) is -1.47. The molecule has 4 nitrogen and oxygen atoms in total. The van der Waals surface area contributed by atoms with Gasteiger partial charge in [-0.15, -0.1) is 11.3 Å². The van der Waals surface area contributed by atoms with Crippen LogP contribution in [0, 0.1) is 5.82 Å². The van der Waals surface area contributed by atoms with Gasteiger partial charge in [-0.25, -0.2) is 4.39 Å². The molecule has 2 aromatic heterocycles. The van der Waals surface area contributed by atoms with Gasteiger partial charge in [0.05, 0.1) is 11.6 Å². The van der Waals surface area contributed by atoms with Crippen LogP contribution < -0.4 is 10.9 Å². The Balaban J connectivity index is 1.87. The van der Waals surface area contributed by atoms with Crippen LogP contribution >= 0.6 is 22.9 Å². The Morgan fingerprint density at radius 3 is 2.48 bits per heavy atom. The first-order valence-electron chi connectivity index (χ1n) is 8.20. The van der Waals surface area contributed by atoms with Gasteiger partial charge in [-0.1, -0.05) is 29.8 Å². The minimum atomic E-state index is -4.72. The van der Waals surface area contributed by atoms with Gasteiger partial charge in [0.15, 0.2) is 0 Å². The minimum absolute atomic E-state index is 0.449. The molecule has 0 radical (unpaired) electrons. The van der Waals surface area contributed by atoms with Crippen LogP contribution in [0.1, 0.15) is 22.0 Å². The lowest BCUT2D eigenvalue weighted by Gasteiger charge is -2.19. The van der Waals surface area contributed by atoms with Gasteiger partial charge >= 0.3 is 6.18 Å². The third-order valence-corrected chi connectivity index (χ3v) is 5.23. The zero-order valence-electron chi connectivity index (χ0n) is 14.5. The Morgan fingerprint density at radius 1 is 1.21 bits per heavy atom. The van der Waals surface area contributed by atoms with E-state index < -0.39 is 46.6 Å². The molecule has 0 spiro atoms. The maximum atomic E-state index is 13.2. The quantitative estimate of drug-likeness (QED) is 0.583. The van der Waals surface area contributed by atoms with E-state index in [0.29, 0.717) is 22.4 Å². The van der Waals surface area contributed by atoms with Crippen molar-refractivity contribution in [3.63, 3.8) is 0 Å². The Labute approximate surface area is 171 Å². The Hall–Kier alpha value is -2.65. The molecule has 152 valence electrons. The number of rotatable bonds is 5. The normalized spacial score (nSPS) is 12.6. The van der Waals surface area contributed by atoms with E-state index in [-0.39, 0.29) is 0 Å². The second kappa shape index (κ2) is 8.38. The van der Waals surface area contributed by atoms with Gasteiger partial charge in [0.2, 0.25) is 5.91 Å². The molecule has 1 unspecified atom stereocenters. The summed E-state index contributed by atoms with van der Waals surface area (Å²) in [5.74, 6) is -1.15. The number of nitrogens with zero attached hydrogens (tertiary/aromatic N) is 1. The van der Waals surface area contributed by atoms with Crippen molar-refractivity contribution in [1.29, 1.82) is 0 Å². The highest BCUT2D eigenvalue weighted by atomic mass is 35.5. The molecule has 0 saturated carbocycles. The van der Waals surface area contributed by atoms with Crippen molar-refractivity contribution in [1.82, 2.24) is 9.88 Å². The smallest absolute Gasteiger partial charge is 0.343 e. The van der Waals surface area contributed by atoms with Crippen LogP contribution in [0.25, 0.3) is 0 Å². The van der Waals surface area contributed by atoms with E-state index in [1.54, 1.807) is 17.5 Å². The third-order valence-electron chi connectivity index (χ3n) is 4.02. The first-order valence-corrected chi connectivity index (χ1v) is 9.46. The van der Waals surface area contributed by atoms with E-state index in [0.717, 1.165) is 4.88 Å². The number of nitrogens with one attached hydrogen (secondary N) is 1. The monoisotopic (exact) mass is 444 g/mol. The van der Waals surface area contributed by atoms with Gasteiger partial charge < -0.3 is 9.88 Å². The molecule has 1 N–H and O–H groups in total. The molecule has 0 bridgehead atoms. The topological polar surface area (TPSA) is 51.1 Å². The van der Waals surface area contributed by atoms with Crippen molar-refractivity contribution in [2.24, 2.45) is 0 Å². The van der Waals surface area contributed by atoms with Crippen molar-refractivity contribution in [2.75, 3.05) is 0 Å². The number of hydrogen-bond acceptors (Lipinski definition) is 3. The maximum absolute atomic E-state index is 13.2. The fourth-order valence-corrected chi connectivity index (χ4v) is 3.69. The van der Waals surface area contributed by atoms with Crippen LogP contribution in [0.3, 0.4) is 0 Å². The van der Waals surface area contributed by atoms with Crippen LogP contribution in [0.15, 0.2) is 58.8 Å². The molecule has 0 aliphatic rings. The fourth-order valence-electron chi connectivity index (χ4n) is 2.66. The summed E-state index contributed by atoms with van der Waals surface area (Å²) >= 11 is 6.95. The van der Waals surface area contributed by atoms with Crippen molar-refractivity contribution < 1.29 is 22.4 Å². The van der Waals surface area contributed by atoms with Crippen molar-refractivity contribution in [3.05, 3.63) is 91.2 Å². The van der Waals surface area contributed by atoms with Gasteiger partial charge in [-0.3, -0.25) is 9.59 Å². The standard InChI is InChI=1S/C19H13ClF4N2O2S/c20-14-8-12(19(22,23)24)9-26(18(14)28)10-16(27)25-17(15-2-1-7-29-15)11-3-5-13(21)6-4-11/h1-9,17H,10H2,(H,25,27). The van der Waals surface area contributed by atoms with Crippen LogP contribution in [-0.4, -0.2) is 10.5 Å². The molecular formula is C19H13ClF4N2O2S. The fraction of sp³-hybridized carbons (Fsp3) is 0.158. The highest BCUT2D eigenvalue weighted by molar-refractivity contribution is 7.10. The molecule has 10 heteroatoms. The number of thiophene rings is 1. The van der Waals surface area contributed by atoms with Crippen LogP contribution in [-0.2, 0) is 17.5 Å². The first-order chi connectivity index (χ1) is 13.6. The first kappa shape index (κ1) is 21.1. The molecule has 2 heterocycles. The number of carbonyl (C=O) groups excluding carboxylic acids is 1. The highest BCUT2D eigenvalue weighted by Gasteiger charge is 2.32. The summed E-state index contributed by atoms with van der Waals surface area (Å²) in [4.78, 5) is 25.3. The van der Waals surface area contributed by atoms with Crippen LogP contribution in [0.2, 0.25) is 5.02 Å². The van der Waals surface area contributed by atoms with E-state index in [9.17, 15) is 27.2 Å². The molecule has 0 aliphatic heterocycles. The highest BCUT2D eigenvalue weighted by Crippen LogP contribution is 2.30. The molecular weight excluding hydrogens is 432 g/mol.